The molecular formula is C10H10FN5O. The molecule has 3 rings (SSSR count). The van der Waals surface area contributed by atoms with Crippen LogP contribution in [-0.2, 0) is 0 Å². The number of hydrogen-bond acceptors (Lipinski definition) is 4. The number of H-pyrrole nitrogens is 1. The van der Waals surface area contributed by atoms with E-state index in [4.69, 9.17) is 5.73 Å². The lowest BCUT2D eigenvalue weighted by molar-refractivity contribution is 0.628. The standard InChI is InChI=1S/C10H10FN5O/c11-7-3-6(5-1-2-5)9(4-8(7)12)16-10(17)13-14-15-16/h3-5H,1-2,12H2,(H,13,15,17). The van der Waals surface area contributed by atoms with Gasteiger partial charge >= 0.3 is 5.69 Å². The molecule has 1 fully saturated rings. The van der Waals surface area contributed by atoms with E-state index in [0.29, 0.717) is 5.69 Å². The van der Waals surface area contributed by atoms with Crippen molar-refractivity contribution in [2.75, 3.05) is 5.73 Å². The first-order chi connectivity index (χ1) is 8.16. The number of nitrogens with two attached hydrogens (primary N) is 1. The van der Waals surface area contributed by atoms with Gasteiger partial charge in [0.15, 0.2) is 0 Å². The lowest BCUT2D eigenvalue weighted by Crippen LogP contribution is -2.18. The van der Waals surface area contributed by atoms with Crippen molar-refractivity contribution < 1.29 is 4.39 Å². The van der Waals surface area contributed by atoms with Gasteiger partial charge in [-0.3, -0.25) is 0 Å². The molecule has 0 spiro atoms. The highest BCUT2D eigenvalue weighted by atomic mass is 19.1. The van der Waals surface area contributed by atoms with Gasteiger partial charge in [-0.15, -0.1) is 0 Å². The van der Waals surface area contributed by atoms with Crippen molar-refractivity contribution in [1.29, 1.82) is 0 Å². The Bertz CT molecular complexity index is 628. The number of nitrogen functional groups attached to an aromatic ring is 1. The summed E-state index contributed by atoms with van der Waals surface area (Å²) < 4.78 is 14.5. The predicted molar refractivity (Wildman–Crippen MR) is 58.3 cm³/mol. The molecule has 0 atom stereocenters. The molecule has 0 unspecified atom stereocenters. The monoisotopic (exact) mass is 235 g/mol. The number of hydrogen-bond donors (Lipinski definition) is 2. The minimum absolute atomic E-state index is 0.000648. The number of halogens is 1. The molecule has 1 aromatic carbocycles. The van der Waals surface area contributed by atoms with Crippen LogP contribution in [0.2, 0.25) is 0 Å². The summed E-state index contributed by atoms with van der Waals surface area (Å²) >= 11 is 0. The summed E-state index contributed by atoms with van der Waals surface area (Å²) in [5.41, 5.74) is 6.32. The fourth-order valence-electron chi connectivity index (χ4n) is 1.85. The van der Waals surface area contributed by atoms with Gasteiger partial charge in [-0.1, -0.05) is 0 Å². The van der Waals surface area contributed by atoms with Gasteiger partial charge in [-0.05, 0) is 46.9 Å². The Morgan fingerprint density at radius 3 is 2.82 bits per heavy atom. The van der Waals surface area contributed by atoms with Crippen LogP contribution in [0.1, 0.15) is 24.3 Å². The van der Waals surface area contributed by atoms with Crippen molar-refractivity contribution >= 4 is 5.69 Å². The van der Waals surface area contributed by atoms with Crippen LogP contribution >= 0.6 is 0 Å². The smallest absolute Gasteiger partial charge is 0.365 e. The van der Waals surface area contributed by atoms with E-state index in [2.05, 4.69) is 15.5 Å². The van der Waals surface area contributed by atoms with E-state index in [1.165, 1.54) is 12.1 Å². The van der Waals surface area contributed by atoms with E-state index in [1.54, 1.807) is 0 Å². The molecule has 7 heteroatoms. The zero-order chi connectivity index (χ0) is 12.0. The number of tetrazole rings is 1. The van der Waals surface area contributed by atoms with Gasteiger partial charge in [0.2, 0.25) is 0 Å². The Balaban J connectivity index is 2.24. The molecule has 0 radical (unpaired) electrons. The Kier molecular flexibility index (Phi) is 2.01. The molecule has 1 aromatic heterocycles. The Hall–Kier alpha value is -2.18. The molecule has 88 valence electrons. The fraction of sp³-hybridized carbons (Fsp3) is 0.300. The second-order valence-electron chi connectivity index (χ2n) is 4.13. The van der Waals surface area contributed by atoms with Crippen LogP contribution in [0, 0.1) is 5.82 Å². The number of aromatic nitrogens is 4. The summed E-state index contributed by atoms with van der Waals surface area (Å²) in [4.78, 5) is 11.5. The lowest BCUT2D eigenvalue weighted by Gasteiger charge is -2.08. The maximum absolute atomic E-state index is 13.4. The molecule has 0 aliphatic heterocycles. The van der Waals surface area contributed by atoms with Gasteiger partial charge in [0.1, 0.15) is 5.82 Å². The zero-order valence-electron chi connectivity index (χ0n) is 8.85. The molecule has 1 saturated carbocycles. The third kappa shape index (κ3) is 1.59. The third-order valence-electron chi connectivity index (χ3n) is 2.86. The molecule has 0 saturated heterocycles. The Labute approximate surface area is 95.2 Å². The molecule has 1 aliphatic rings. The first-order valence-corrected chi connectivity index (χ1v) is 5.26. The van der Waals surface area contributed by atoms with Crippen molar-refractivity contribution in [2.45, 2.75) is 18.8 Å². The number of aromatic amines is 1. The van der Waals surface area contributed by atoms with Crippen LogP contribution in [0.5, 0.6) is 0 Å². The highest BCUT2D eigenvalue weighted by Gasteiger charge is 2.28. The number of nitrogens with one attached hydrogen (secondary N) is 1. The lowest BCUT2D eigenvalue weighted by atomic mass is 10.1. The maximum atomic E-state index is 13.4. The Morgan fingerprint density at radius 1 is 1.47 bits per heavy atom. The van der Waals surface area contributed by atoms with Crippen LogP contribution < -0.4 is 11.4 Å². The quantitative estimate of drug-likeness (QED) is 0.744. The normalized spacial score (nSPS) is 15.1. The van der Waals surface area contributed by atoms with Gasteiger partial charge in [-0.2, -0.15) is 4.68 Å². The van der Waals surface area contributed by atoms with Crippen molar-refractivity contribution in [2.24, 2.45) is 0 Å². The zero-order valence-corrected chi connectivity index (χ0v) is 8.85. The molecule has 1 aliphatic carbocycles. The fourth-order valence-corrected chi connectivity index (χ4v) is 1.85. The summed E-state index contributed by atoms with van der Waals surface area (Å²) in [5, 5.41) is 9.26. The van der Waals surface area contributed by atoms with E-state index < -0.39 is 11.5 Å². The van der Waals surface area contributed by atoms with Crippen molar-refractivity contribution in [1.82, 2.24) is 20.2 Å². The summed E-state index contributed by atoms with van der Waals surface area (Å²) in [7, 11) is 0. The third-order valence-corrected chi connectivity index (χ3v) is 2.86. The van der Waals surface area contributed by atoms with Crippen LogP contribution in [0.3, 0.4) is 0 Å². The van der Waals surface area contributed by atoms with E-state index in [9.17, 15) is 9.18 Å². The number of benzene rings is 1. The van der Waals surface area contributed by atoms with Crippen molar-refractivity contribution in [3.05, 3.63) is 34.0 Å². The highest BCUT2D eigenvalue weighted by molar-refractivity contribution is 5.55. The SMILES string of the molecule is Nc1cc(-n2nn[nH]c2=O)c(C2CC2)cc1F. The van der Waals surface area contributed by atoms with E-state index in [-0.39, 0.29) is 11.6 Å². The largest absolute Gasteiger partial charge is 0.396 e. The van der Waals surface area contributed by atoms with Gasteiger partial charge < -0.3 is 5.73 Å². The summed E-state index contributed by atoms with van der Waals surface area (Å²) in [6.45, 7) is 0. The topological polar surface area (TPSA) is 89.6 Å². The maximum Gasteiger partial charge on any atom is 0.365 e. The number of rotatable bonds is 2. The number of anilines is 1. The summed E-state index contributed by atoms with van der Waals surface area (Å²) in [5.74, 6) is -0.184. The second-order valence-corrected chi connectivity index (χ2v) is 4.13. The molecule has 2 aromatic rings. The summed E-state index contributed by atoms with van der Waals surface area (Å²) in [6.07, 6.45) is 1.98. The van der Waals surface area contributed by atoms with Gasteiger partial charge in [-0.25, -0.2) is 14.3 Å². The number of nitrogens with zero attached hydrogens (tertiary/aromatic N) is 3. The van der Waals surface area contributed by atoms with Crippen LogP contribution in [-0.4, -0.2) is 20.2 Å². The molecule has 17 heavy (non-hydrogen) atoms. The summed E-state index contributed by atoms with van der Waals surface area (Å²) in [6, 6.07) is 2.80. The van der Waals surface area contributed by atoms with Gasteiger partial charge in [0.05, 0.1) is 11.4 Å². The minimum Gasteiger partial charge on any atom is -0.396 e. The average molecular weight is 235 g/mol. The second kappa shape index (κ2) is 3.41. The van der Waals surface area contributed by atoms with Gasteiger partial charge in [0.25, 0.3) is 0 Å². The first-order valence-electron chi connectivity index (χ1n) is 5.26. The van der Waals surface area contributed by atoms with E-state index >= 15 is 0 Å². The van der Waals surface area contributed by atoms with Crippen molar-refractivity contribution in [3.8, 4) is 5.69 Å². The predicted octanol–water partition coefficient (Wildman–Crippen LogP) is 0.554. The molecular weight excluding hydrogens is 225 g/mol. The van der Waals surface area contributed by atoms with Gasteiger partial charge in [0, 0.05) is 0 Å². The van der Waals surface area contributed by atoms with Crippen LogP contribution in [0.25, 0.3) is 5.69 Å². The molecule has 0 bridgehead atoms. The van der Waals surface area contributed by atoms with E-state index in [1.807, 2.05) is 0 Å². The highest BCUT2D eigenvalue weighted by Crippen LogP contribution is 2.43. The van der Waals surface area contributed by atoms with E-state index in [0.717, 1.165) is 23.1 Å². The Morgan fingerprint density at radius 2 is 2.24 bits per heavy atom. The van der Waals surface area contributed by atoms with Crippen LogP contribution in [0.4, 0.5) is 10.1 Å². The minimum atomic E-state index is -0.466. The molecule has 3 N–H and O–H groups in total. The molecule has 1 heterocycles. The molecule has 0 amide bonds. The van der Waals surface area contributed by atoms with Crippen molar-refractivity contribution in [3.63, 3.8) is 0 Å². The van der Waals surface area contributed by atoms with Crippen LogP contribution in [0.15, 0.2) is 16.9 Å². The first kappa shape index (κ1) is 10.0. The molecule has 6 nitrogen and oxygen atoms in total. The average Bonchev–Trinajstić information content (AvgIpc) is 3.05.